The van der Waals surface area contributed by atoms with Crippen LogP contribution in [0.5, 0.6) is 0 Å². The number of imidazole rings is 2. The van der Waals surface area contributed by atoms with Crippen LogP contribution in [0.1, 0.15) is 83.8 Å². The Kier molecular flexibility index (Phi) is 10.4. The van der Waals surface area contributed by atoms with Crippen LogP contribution in [0.15, 0.2) is 134 Å². The van der Waals surface area contributed by atoms with Gasteiger partial charge in [0.1, 0.15) is 23.7 Å². The summed E-state index contributed by atoms with van der Waals surface area (Å²) in [6.45, 7) is 1.41. The number of rotatable bonds is 10. The molecule has 11 rings (SSSR count). The van der Waals surface area contributed by atoms with Crippen molar-refractivity contribution in [2.45, 2.75) is 56.3 Å². The van der Waals surface area contributed by atoms with Gasteiger partial charge in [0, 0.05) is 13.1 Å². The Hall–Kier alpha value is -6.88. The van der Waals surface area contributed by atoms with Gasteiger partial charge in [-0.15, -0.1) is 0 Å². The molecular weight excluding hydrogens is 805 g/mol. The van der Waals surface area contributed by atoms with Crippen LogP contribution in [0.25, 0.3) is 55.2 Å². The number of likely N-dealkylation sites (N-methyl/N-ethyl adjacent to an activating group) is 2. The Morgan fingerprint density at radius 1 is 0.569 bits per heavy atom. The summed E-state index contributed by atoms with van der Waals surface area (Å²) >= 11 is 0. The van der Waals surface area contributed by atoms with Crippen LogP contribution in [-0.2, 0) is 16.0 Å². The van der Waals surface area contributed by atoms with Crippen molar-refractivity contribution >= 4 is 33.4 Å². The second-order valence-electron chi connectivity index (χ2n) is 18.5. The molecule has 326 valence electrons. The first-order valence-corrected chi connectivity index (χ1v) is 23.0. The SMILES string of the molecule is CN(C)C(C(=O)N1CCC[C@@H]1c1ncc(-c2ccc3c(c2)Cc2cc(-c4cnc([C@H]5CCCN5C(=O)C(c5cccc6ccccc56)N(C)C)[nH]4)ccc2-3)[nH]1)c1cccc2ccccc12. The van der Waals surface area contributed by atoms with Gasteiger partial charge < -0.3 is 19.8 Å². The Balaban J connectivity index is 0.797. The van der Waals surface area contributed by atoms with E-state index in [-0.39, 0.29) is 23.9 Å². The average Bonchev–Trinajstić information content (AvgIpc) is 4.18. The lowest BCUT2D eigenvalue weighted by Gasteiger charge is -2.32. The third-order valence-electron chi connectivity index (χ3n) is 14.1. The van der Waals surface area contributed by atoms with Crippen molar-refractivity contribution in [3.05, 3.63) is 168 Å². The molecule has 2 aliphatic heterocycles. The van der Waals surface area contributed by atoms with E-state index in [0.717, 1.165) is 98.9 Å². The zero-order chi connectivity index (χ0) is 44.3. The fraction of sp³-hybridized carbons (Fsp3) is 0.273. The molecule has 6 aromatic carbocycles. The molecule has 10 nitrogen and oxygen atoms in total. The number of amides is 2. The van der Waals surface area contributed by atoms with Crippen molar-refractivity contribution in [3.8, 4) is 33.6 Å². The molecule has 0 bridgehead atoms. The van der Waals surface area contributed by atoms with Gasteiger partial charge in [-0.05, 0) is 138 Å². The third-order valence-corrected chi connectivity index (χ3v) is 14.1. The van der Waals surface area contributed by atoms with Crippen LogP contribution in [0, 0.1) is 0 Å². The highest BCUT2D eigenvalue weighted by Gasteiger charge is 2.39. The molecule has 2 aromatic heterocycles. The Morgan fingerprint density at radius 2 is 1.00 bits per heavy atom. The number of hydrogen-bond acceptors (Lipinski definition) is 6. The van der Waals surface area contributed by atoms with Crippen LogP contribution in [0.2, 0.25) is 0 Å². The van der Waals surface area contributed by atoms with Crippen molar-refractivity contribution in [3.63, 3.8) is 0 Å². The number of nitrogens with zero attached hydrogens (tertiary/aromatic N) is 6. The quantitative estimate of drug-likeness (QED) is 0.142. The largest absolute Gasteiger partial charge is 0.340 e. The highest BCUT2D eigenvalue weighted by Crippen LogP contribution is 2.42. The summed E-state index contributed by atoms with van der Waals surface area (Å²) in [5.41, 5.74) is 11.2. The van der Waals surface area contributed by atoms with E-state index in [2.05, 4.69) is 107 Å². The first-order chi connectivity index (χ1) is 31.7. The molecule has 4 heterocycles. The summed E-state index contributed by atoms with van der Waals surface area (Å²) in [6.07, 6.45) is 8.27. The van der Waals surface area contributed by atoms with E-state index in [1.54, 1.807) is 0 Å². The first kappa shape index (κ1) is 40.9. The molecule has 8 aromatic rings. The minimum Gasteiger partial charge on any atom is -0.340 e. The van der Waals surface area contributed by atoms with E-state index in [0.29, 0.717) is 13.1 Å². The number of nitrogens with one attached hydrogen (secondary N) is 2. The number of likely N-dealkylation sites (tertiary alicyclic amines) is 2. The number of fused-ring (bicyclic) bond motifs is 5. The number of carbonyl (C=O) groups excluding carboxylic acids is 2. The summed E-state index contributed by atoms with van der Waals surface area (Å²) in [5, 5.41) is 4.49. The average molecular weight is 859 g/mol. The lowest BCUT2D eigenvalue weighted by Crippen LogP contribution is -2.40. The summed E-state index contributed by atoms with van der Waals surface area (Å²) in [6, 6.07) is 41.4. The Morgan fingerprint density at radius 3 is 1.45 bits per heavy atom. The minimum absolute atomic E-state index is 0.106. The fourth-order valence-corrected chi connectivity index (χ4v) is 11.0. The number of aromatic nitrogens is 4. The van der Waals surface area contributed by atoms with Gasteiger partial charge in [0.15, 0.2) is 0 Å². The monoisotopic (exact) mass is 858 g/mol. The Labute approximate surface area is 379 Å². The molecule has 0 radical (unpaired) electrons. The van der Waals surface area contributed by atoms with Gasteiger partial charge in [0.2, 0.25) is 11.8 Å². The predicted molar refractivity (Wildman–Crippen MR) is 258 cm³/mol. The molecule has 1 aliphatic carbocycles. The van der Waals surface area contributed by atoms with Crippen molar-refractivity contribution in [2.75, 3.05) is 41.3 Å². The predicted octanol–water partition coefficient (Wildman–Crippen LogP) is 10.3. The topological polar surface area (TPSA) is 104 Å². The zero-order valence-corrected chi connectivity index (χ0v) is 37.5. The first-order valence-electron chi connectivity index (χ1n) is 23.0. The molecule has 2 saturated heterocycles. The van der Waals surface area contributed by atoms with Gasteiger partial charge in [-0.2, -0.15) is 0 Å². The van der Waals surface area contributed by atoms with Gasteiger partial charge in [-0.3, -0.25) is 19.4 Å². The van der Waals surface area contributed by atoms with Crippen LogP contribution in [-0.4, -0.2) is 92.6 Å². The second-order valence-corrected chi connectivity index (χ2v) is 18.5. The third kappa shape index (κ3) is 7.21. The molecule has 4 atom stereocenters. The zero-order valence-electron chi connectivity index (χ0n) is 37.5. The van der Waals surface area contributed by atoms with Crippen molar-refractivity contribution < 1.29 is 9.59 Å². The summed E-state index contributed by atoms with van der Waals surface area (Å²) < 4.78 is 0. The van der Waals surface area contributed by atoms with Crippen molar-refractivity contribution in [2.24, 2.45) is 0 Å². The van der Waals surface area contributed by atoms with Crippen LogP contribution < -0.4 is 0 Å². The maximum Gasteiger partial charge on any atom is 0.245 e. The number of H-pyrrole nitrogens is 2. The number of hydrogen-bond donors (Lipinski definition) is 2. The van der Waals surface area contributed by atoms with Crippen LogP contribution in [0.4, 0.5) is 0 Å². The maximum absolute atomic E-state index is 14.5. The van der Waals surface area contributed by atoms with Crippen molar-refractivity contribution in [1.29, 1.82) is 0 Å². The molecular formula is C55H54N8O2. The minimum atomic E-state index is -0.401. The van der Waals surface area contributed by atoms with E-state index in [1.807, 2.05) is 84.4 Å². The van der Waals surface area contributed by atoms with Gasteiger partial charge >= 0.3 is 0 Å². The van der Waals surface area contributed by atoms with E-state index >= 15 is 0 Å². The molecule has 2 unspecified atom stereocenters. The van der Waals surface area contributed by atoms with Crippen LogP contribution >= 0.6 is 0 Å². The normalized spacial score (nSPS) is 17.9. The lowest BCUT2D eigenvalue weighted by atomic mass is 9.97. The van der Waals surface area contributed by atoms with Crippen molar-refractivity contribution in [1.82, 2.24) is 39.5 Å². The van der Waals surface area contributed by atoms with E-state index in [9.17, 15) is 9.59 Å². The van der Waals surface area contributed by atoms with Gasteiger partial charge in [0.05, 0.1) is 35.9 Å². The highest BCUT2D eigenvalue weighted by molar-refractivity contribution is 5.94. The summed E-state index contributed by atoms with van der Waals surface area (Å²) in [5.74, 6) is 1.88. The highest BCUT2D eigenvalue weighted by atomic mass is 16.2. The maximum atomic E-state index is 14.5. The van der Waals surface area contributed by atoms with E-state index < -0.39 is 12.1 Å². The molecule has 10 heteroatoms. The van der Waals surface area contributed by atoms with E-state index in [1.165, 1.54) is 22.3 Å². The van der Waals surface area contributed by atoms with Gasteiger partial charge in [0.25, 0.3) is 0 Å². The van der Waals surface area contributed by atoms with Gasteiger partial charge in [-0.25, -0.2) is 9.97 Å². The summed E-state index contributed by atoms with van der Waals surface area (Å²) in [7, 11) is 7.96. The summed E-state index contributed by atoms with van der Waals surface area (Å²) in [4.78, 5) is 54.2. The molecule has 0 spiro atoms. The Bertz CT molecular complexity index is 2890. The lowest BCUT2D eigenvalue weighted by molar-refractivity contribution is -0.138. The molecule has 3 aliphatic rings. The smallest absolute Gasteiger partial charge is 0.245 e. The molecule has 65 heavy (non-hydrogen) atoms. The fourth-order valence-electron chi connectivity index (χ4n) is 11.0. The molecule has 2 N–H and O–H groups in total. The number of carbonyl (C=O) groups is 2. The second kappa shape index (κ2) is 16.6. The van der Waals surface area contributed by atoms with Gasteiger partial charge in [-0.1, -0.05) is 109 Å². The molecule has 2 fully saturated rings. The van der Waals surface area contributed by atoms with E-state index in [4.69, 9.17) is 9.97 Å². The number of aromatic amines is 2. The number of benzene rings is 6. The standard InChI is InChI=1S/C55H54N8O2/c1-60(2)50(44-19-9-15-34-13-5-7-17-40(34)44)54(64)62-27-11-21-48(62)52-56-32-46(58-52)36-23-25-42-38(29-36)31-39-30-37(24-26-43(39)42)47-33-57-53(59-47)49-22-12-28-63(49)55(65)51(61(3)4)45-20-10-16-35-14-6-8-18-41(35)45/h5-10,13-20,23-26,29-30,32-33,48-51H,11-12,21-22,27-28,31H2,1-4H3,(H,56,58)(H,57,59)/t48-,49-,50?,51?/m1/s1. The molecule has 0 saturated carbocycles. The van der Waals surface area contributed by atoms with Crippen LogP contribution in [0.3, 0.4) is 0 Å². The molecule has 2 amide bonds.